The molecule has 1 aromatic heterocycles. The average molecular weight is 286 g/mol. The molecule has 1 heterocycles. The van der Waals surface area contributed by atoms with Gasteiger partial charge in [-0.3, -0.25) is 4.79 Å². The number of anilines is 2. The molecule has 0 saturated carbocycles. The third-order valence-electron chi connectivity index (χ3n) is 2.84. The van der Waals surface area contributed by atoms with Crippen LogP contribution in [0.2, 0.25) is 0 Å². The standard InChI is InChI=1S/C14H14N4OS/c15-8-10-12(16)11(13(17)19)14(20-10)18-7-6-9-4-2-1-3-5-9/h1-5,18H,6-7,16H2,(H2,17,19). The molecule has 5 N–H and O–H groups in total. The van der Waals surface area contributed by atoms with Gasteiger partial charge in [0, 0.05) is 6.54 Å². The topological polar surface area (TPSA) is 105 Å². The fourth-order valence-electron chi connectivity index (χ4n) is 1.86. The highest BCUT2D eigenvalue weighted by Crippen LogP contribution is 2.34. The van der Waals surface area contributed by atoms with Crippen LogP contribution in [-0.2, 0) is 6.42 Å². The first-order valence-corrected chi connectivity index (χ1v) is 6.85. The molecule has 0 radical (unpaired) electrons. The summed E-state index contributed by atoms with van der Waals surface area (Å²) in [6.45, 7) is 0.634. The zero-order valence-electron chi connectivity index (χ0n) is 10.7. The van der Waals surface area contributed by atoms with Crippen molar-refractivity contribution in [3.63, 3.8) is 0 Å². The van der Waals surface area contributed by atoms with Gasteiger partial charge in [0.2, 0.25) is 0 Å². The minimum atomic E-state index is -0.623. The highest BCUT2D eigenvalue weighted by Gasteiger charge is 2.19. The fraction of sp³-hybridized carbons (Fsp3) is 0.143. The molecule has 0 spiro atoms. The first kappa shape index (κ1) is 13.9. The molecule has 2 rings (SSSR count). The third kappa shape index (κ3) is 2.90. The Hall–Kier alpha value is -2.52. The van der Waals surface area contributed by atoms with Gasteiger partial charge in [-0.1, -0.05) is 30.3 Å². The van der Waals surface area contributed by atoms with E-state index in [9.17, 15) is 4.79 Å². The highest BCUT2D eigenvalue weighted by molar-refractivity contribution is 7.17. The van der Waals surface area contributed by atoms with E-state index in [1.54, 1.807) is 0 Å². The van der Waals surface area contributed by atoms with Gasteiger partial charge in [0.15, 0.2) is 0 Å². The number of nitrogens with two attached hydrogens (primary N) is 2. The number of nitrogen functional groups attached to an aromatic ring is 1. The van der Waals surface area contributed by atoms with Crippen LogP contribution in [0.1, 0.15) is 20.8 Å². The summed E-state index contributed by atoms with van der Waals surface area (Å²) in [6.07, 6.45) is 0.804. The van der Waals surface area contributed by atoms with Gasteiger partial charge in [-0.15, -0.1) is 11.3 Å². The van der Waals surface area contributed by atoms with Crippen LogP contribution < -0.4 is 16.8 Å². The second-order valence-corrected chi connectivity index (χ2v) is 5.21. The van der Waals surface area contributed by atoms with Crippen molar-refractivity contribution in [3.05, 3.63) is 46.3 Å². The summed E-state index contributed by atoms with van der Waals surface area (Å²) in [5.74, 6) is -0.623. The number of thiophene rings is 1. The van der Waals surface area contributed by atoms with Gasteiger partial charge in [0.25, 0.3) is 5.91 Å². The number of rotatable bonds is 5. The Morgan fingerprint density at radius 1 is 1.35 bits per heavy atom. The van der Waals surface area contributed by atoms with Crippen LogP contribution in [0.5, 0.6) is 0 Å². The molecule has 0 fully saturated rings. The number of carbonyl (C=O) groups is 1. The number of nitriles is 1. The normalized spacial score (nSPS) is 9.95. The van der Waals surface area contributed by atoms with E-state index in [1.165, 1.54) is 5.56 Å². The van der Waals surface area contributed by atoms with Crippen LogP contribution in [-0.4, -0.2) is 12.5 Å². The molecule has 5 nitrogen and oxygen atoms in total. The molecule has 0 aliphatic rings. The maximum Gasteiger partial charge on any atom is 0.253 e. The van der Waals surface area contributed by atoms with E-state index in [0.29, 0.717) is 16.4 Å². The lowest BCUT2D eigenvalue weighted by Crippen LogP contribution is -2.15. The van der Waals surface area contributed by atoms with E-state index < -0.39 is 5.91 Å². The maximum atomic E-state index is 11.4. The van der Waals surface area contributed by atoms with Gasteiger partial charge < -0.3 is 16.8 Å². The molecule has 2 aromatic rings. The Morgan fingerprint density at radius 3 is 2.65 bits per heavy atom. The predicted molar refractivity (Wildman–Crippen MR) is 80.6 cm³/mol. The second-order valence-electron chi connectivity index (χ2n) is 4.19. The van der Waals surface area contributed by atoms with Crippen LogP contribution in [0.4, 0.5) is 10.7 Å². The number of nitrogens with zero attached hydrogens (tertiary/aromatic N) is 1. The number of primary amides is 1. The monoisotopic (exact) mass is 286 g/mol. The van der Waals surface area contributed by atoms with Crippen LogP contribution in [0.25, 0.3) is 0 Å². The summed E-state index contributed by atoms with van der Waals surface area (Å²) in [7, 11) is 0. The van der Waals surface area contributed by atoms with E-state index in [2.05, 4.69) is 5.32 Å². The number of benzene rings is 1. The fourth-order valence-corrected chi connectivity index (χ4v) is 2.81. The molecule has 0 unspecified atom stereocenters. The van der Waals surface area contributed by atoms with Crippen molar-refractivity contribution in [2.75, 3.05) is 17.6 Å². The van der Waals surface area contributed by atoms with Gasteiger partial charge in [-0.2, -0.15) is 5.26 Å². The molecule has 20 heavy (non-hydrogen) atoms. The maximum absolute atomic E-state index is 11.4. The van der Waals surface area contributed by atoms with Gasteiger partial charge in [-0.05, 0) is 12.0 Å². The summed E-state index contributed by atoms with van der Waals surface area (Å²) in [5, 5.41) is 12.6. The Balaban J connectivity index is 2.10. The first-order valence-electron chi connectivity index (χ1n) is 6.03. The van der Waals surface area contributed by atoms with Crippen molar-refractivity contribution in [3.8, 4) is 6.07 Å². The molecule has 0 atom stereocenters. The van der Waals surface area contributed by atoms with Crippen molar-refractivity contribution in [2.24, 2.45) is 5.73 Å². The average Bonchev–Trinajstić information content (AvgIpc) is 2.76. The molecule has 0 aliphatic carbocycles. The van der Waals surface area contributed by atoms with Gasteiger partial charge in [0.05, 0.1) is 11.3 Å². The number of hydrogen-bond donors (Lipinski definition) is 3. The molecular formula is C14H14N4OS. The molecule has 0 bridgehead atoms. The van der Waals surface area contributed by atoms with Crippen molar-refractivity contribution in [1.82, 2.24) is 0 Å². The lowest BCUT2D eigenvalue weighted by atomic mass is 10.1. The van der Waals surface area contributed by atoms with Gasteiger partial charge in [0.1, 0.15) is 15.9 Å². The third-order valence-corrected chi connectivity index (χ3v) is 3.90. The Labute approximate surface area is 120 Å². The zero-order valence-corrected chi connectivity index (χ0v) is 11.5. The van der Waals surface area contributed by atoms with E-state index in [4.69, 9.17) is 16.7 Å². The van der Waals surface area contributed by atoms with Crippen molar-refractivity contribution >= 4 is 27.9 Å². The van der Waals surface area contributed by atoms with Crippen LogP contribution in [0, 0.1) is 11.3 Å². The Morgan fingerprint density at radius 2 is 2.05 bits per heavy atom. The summed E-state index contributed by atoms with van der Waals surface area (Å²) >= 11 is 1.15. The Kier molecular flexibility index (Phi) is 4.23. The minimum absolute atomic E-state index is 0.159. The van der Waals surface area contributed by atoms with Crippen LogP contribution >= 0.6 is 11.3 Å². The number of nitrogens with one attached hydrogen (secondary N) is 1. The van der Waals surface area contributed by atoms with E-state index in [-0.39, 0.29) is 11.3 Å². The first-order chi connectivity index (χ1) is 9.63. The summed E-state index contributed by atoms with van der Waals surface area (Å²) in [5.41, 5.74) is 12.6. The summed E-state index contributed by atoms with van der Waals surface area (Å²) in [6, 6.07) is 11.9. The van der Waals surface area contributed by atoms with E-state index in [1.807, 2.05) is 36.4 Å². The lowest BCUT2D eigenvalue weighted by Gasteiger charge is -2.06. The van der Waals surface area contributed by atoms with Gasteiger partial charge >= 0.3 is 0 Å². The van der Waals surface area contributed by atoms with Crippen LogP contribution in [0.15, 0.2) is 30.3 Å². The van der Waals surface area contributed by atoms with Crippen molar-refractivity contribution in [2.45, 2.75) is 6.42 Å². The smallest absolute Gasteiger partial charge is 0.253 e. The molecule has 1 amide bonds. The molecule has 0 saturated heterocycles. The largest absolute Gasteiger partial charge is 0.396 e. The lowest BCUT2D eigenvalue weighted by molar-refractivity contribution is 0.100. The van der Waals surface area contributed by atoms with E-state index in [0.717, 1.165) is 17.8 Å². The molecule has 0 aliphatic heterocycles. The summed E-state index contributed by atoms with van der Waals surface area (Å²) < 4.78 is 0. The van der Waals surface area contributed by atoms with Crippen LogP contribution in [0.3, 0.4) is 0 Å². The van der Waals surface area contributed by atoms with Crippen molar-refractivity contribution in [1.29, 1.82) is 5.26 Å². The summed E-state index contributed by atoms with van der Waals surface area (Å²) in [4.78, 5) is 11.7. The Bertz CT molecular complexity index is 658. The molecule has 1 aromatic carbocycles. The predicted octanol–water partition coefficient (Wildman–Crippen LogP) is 1.96. The molecule has 102 valence electrons. The zero-order chi connectivity index (χ0) is 14.5. The number of hydrogen-bond acceptors (Lipinski definition) is 5. The van der Waals surface area contributed by atoms with Gasteiger partial charge in [-0.25, -0.2) is 0 Å². The second kappa shape index (κ2) is 6.08. The number of amides is 1. The minimum Gasteiger partial charge on any atom is -0.396 e. The highest BCUT2D eigenvalue weighted by atomic mass is 32.1. The molecule has 6 heteroatoms. The quantitative estimate of drug-likeness (QED) is 0.781. The van der Waals surface area contributed by atoms with Crippen molar-refractivity contribution < 1.29 is 4.79 Å². The SMILES string of the molecule is N#Cc1sc(NCCc2ccccc2)c(C(N)=O)c1N. The molecular weight excluding hydrogens is 272 g/mol. The number of carbonyl (C=O) groups excluding carboxylic acids is 1. The van der Waals surface area contributed by atoms with E-state index >= 15 is 0 Å².